The van der Waals surface area contributed by atoms with Crippen LogP contribution in [-0.2, 0) is 9.53 Å². The van der Waals surface area contributed by atoms with Crippen molar-refractivity contribution in [3.63, 3.8) is 0 Å². The van der Waals surface area contributed by atoms with Gasteiger partial charge in [0.05, 0.1) is 13.2 Å². The second-order valence-electron chi connectivity index (χ2n) is 4.35. The molecule has 0 aromatic heterocycles. The van der Waals surface area contributed by atoms with Gasteiger partial charge in [-0.3, -0.25) is 4.79 Å². The highest BCUT2D eigenvalue weighted by molar-refractivity contribution is 5.69. The van der Waals surface area contributed by atoms with Crippen molar-refractivity contribution >= 4 is 5.97 Å². The molecular weight excluding hydrogens is 232 g/mol. The Kier molecular flexibility index (Phi) is 12.0. The van der Waals surface area contributed by atoms with Gasteiger partial charge in [0.25, 0.3) is 0 Å². The highest BCUT2D eigenvalue weighted by atomic mass is 16.6. The van der Waals surface area contributed by atoms with Gasteiger partial charge in [-0.25, -0.2) is 0 Å². The van der Waals surface area contributed by atoms with E-state index in [9.17, 15) is 4.79 Å². The van der Waals surface area contributed by atoms with E-state index < -0.39 is 6.10 Å². The molecule has 4 nitrogen and oxygen atoms in total. The summed E-state index contributed by atoms with van der Waals surface area (Å²) in [5.74, 6) is -0.336. The zero-order valence-electron chi connectivity index (χ0n) is 11.3. The number of unbranched alkanes of at least 4 members (excludes halogenated alkanes) is 5. The summed E-state index contributed by atoms with van der Waals surface area (Å²) in [6.45, 7) is 1.37. The van der Waals surface area contributed by atoms with E-state index in [1.54, 1.807) is 0 Å². The van der Waals surface area contributed by atoms with Crippen LogP contribution >= 0.6 is 0 Å². The SMILES string of the molecule is C/C=C/CCCCCCCC(=O)OC(CO)CO. The maximum atomic E-state index is 11.3. The predicted molar refractivity (Wildman–Crippen MR) is 71.2 cm³/mol. The minimum atomic E-state index is -0.765. The summed E-state index contributed by atoms with van der Waals surface area (Å²) >= 11 is 0. The number of esters is 1. The van der Waals surface area contributed by atoms with E-state index in [4.69, 9.17) is 14.9 Å². The molecule has 0 amide bonds. The second-order valence-corrected chi connectivity index (χ2v) is 4.35. The van der Waals surface area contributed by atoms with Gasteiger partial charge >= 0.3 is 5.97 Å². The molecule has 0 bridgehead atoms. The van der Waals surface area contributed by atoms with E-state index in [0.717, 1.165) is 25.7 Å². The second kappa shape index (κ2) is 12.6. The van der Waals surface area contributed by atoms with E-state index in [1.165, 1.54) is 12.8 Å². The van der Waals surface area contributed by atoms with E-state index in [2.05, 4.69) is 12.2 Å². The third-order valence-electron chi connectivity index (χ3n) is 2.69. The molecule has 0 atom stereocenters. The van der Waals surface area contributed by atoms with Crippen LogP contribution in [0.25, 0.3) is 0 Å². The first-order chi connectivity index (χ1) is 8.74. The fourth-order valence-corrected chi connectivity index (χ4v) is 1.61. The summed E-state index contributed by atoms with van der Waals surface area (Å²) in [5.41, 5.74) is 0. The van der Waals surface area contributed by atoms with Gasteiger partial charge in [-0.2, -0.15) is 0 Å². The first-order valence-electron chi connectivity index (χ1n) is 6.77. The minimum Gasteiger partial charge on any atom is -0.457 e. The zero-order valence-corrected chi connectivity index (χ0v) is 11.3. The molecule has 0 aliphatic rings. The van der Waals surface area contributed by atoms with Crippen molar-refractivity contribution in [2.45, 2.75) is 58.0 Å². The van der Waals surface area contributed by atoms with Crippen molar-refractivity contribution in [2.24, 2.45) is 0 Å². The average molecular weight is 258 g/mol. The molecule has 0 aromatic rings. The molecule has 0 aromatic carbocycles. The molecule has 0 rings (SSSR count). The number of hydrogen-bond acceptors (Lipinski definition) is 4. The van der Waals surface area contributed by atoms with Gasteiger partial charge in [0.2, 0.25) is 0 Å². The van der Waals surface area contributed by atoms with Crippen LogP contribution in [0.3, 0.4) is 0 Å². The molecule has 0 radical (unpaired) electrons. The Morgan fingerprint density at radius 3 is 2.33 bits per heavy atom. The van der Waals surface area contributed by atoms with Crippen molar-refractivity contribution in [2.75, 3.05) is 13.2 Å². The lowest BCUT2D eigenvalue weighted by Gasteiger charge is -2.12. The number of aliphatic hydroxyl groups is 2. The fourth-order valence-electron chi connectivity index (χ4n) is 1.61. The van der Waals surface area contributed by atoms with Gasteiger partial charge in [0, 0.05) is 6.42 Å². The highest BCUT2D eigenvalue weighted by Crippen LogP contribution is 2.08. The van der Waals surface area contributed by atoms with Crippen molar-refractivity contribution < 1.29 is 19.7 Å². The van der Waals surface area contributed by atoms with Crippen LogP contribution in [0.15, 0.2) is 12.2 Å². The maximum absolute atomic E-state index is 11.3. The van der Waals surface area contributed by atoms with E-state index in [-0.39, 0.29) is 19.2 Å². The lowest BCUT2D eigenvalue weighted by atomic mass is 10.1. The summed E-state index contributed by atoms with van der Waals surface area (Å²) in [6.07, 6.45) is 10.3. The van der Waals surface area contributed by atoms with Crippen LogP contribution in [0.4, 0.5) is 0 Å². The first-order valence-corrected chi connectivity index (χ1v) is 6.77. The molecule has 0 saturated heterocycles. The summed E-state index contributed by atoms with van der Waals surface area (Å²) in [6, 6.07) is 0. The molecular formula is C14H26O4. The third kappa shape index (κ3) is 10.3. The van der Waals surface area contributed by atoms with Crippen molar-refractivity contribution in [1.29, 1.82) is 0 Å². The molecule has 18 heavy (non-hydrogen) atoms. The zero-order chi connectivity index (χ0) is 13.6. The highest BCUT2D eigenvalue weighted by Gasteiger charge is 2.11. The van der Waals surface area contributed by atoms with Gasteiger partial charge < -0.3 is 14.9 Å². The van der Waals surface area contributed by atoms with Gasteiger partial charge in [0.1, 0.15) is 6.10 Å². The smallest absolute Gasteiger partial charge is 0.306 e. The predicted octanol–water partition coefficient (Wildman–Crippen LogP) is 2.19. The number of rotatable bonds is 11. The van der Waals surface area contributed by atoms with Crippen LogP contribution in [0.2, 0.25) is 0 Å². The van der Waals surface area contributed by atoms with Crippen LogP contribution in [0.1, 0.15) is 51.9 Å². The number of carbonyl (C=O) groups excluding carboxylic acids is 1. The molecule has 0 aliphatic carbocycles. The Morgan fingerprint density at radius 2 is 1.72 bits per heavy atom. The monoisotopic (exact) mass is 258 g/mol. The Morgan fingerprint density at radius 1 is 1.11 bits per heavy atom. The van der Waals surface area contributed by atoms with Gasteiger partial charge in [-0.1, -0.05) is 31.4 Å². The molecule has 0 spiro atoms. The van der Waals surface area contributed by atoms with Crippen LogP contribution in [0.5, 0.6) is 0 Å². The quantitative estimate of drug-likeness (QED) is 0.339. The summed E-state index contributed by atoms with van der Waals surface area (Å²) in [4.78, 5) is 11.3. The number of allylic oxidation sites excluding steroid dienone is 2. The van der Waals surface area contributed by atoms with E-state index >= 15 is 0 Å². The van der Waals surface area contributed by atoms with Gasteiger partial charge in [0.15, 0.2) is 0 Å². The minimum absolute atomic E-state index is 0.326. The lowest BCUT2D eigenvalue weighted by Crippen LogP contribution is -2.25. The van der Waals surface area contributed by atoms with Crippen molar-refractivity contribution in [3.05, 3.63) is 12.2 Å². The van der Waals surface area contributed by atoms with Gasteiger partial charge in [-0.15, -0.1) is 0 Å². The van der Waals surface area contributed by atoms with Crippen LogP contribution < -0.4 is 0 Å². The fraction of sp³-hybridized carbons (Fsp3) is 0.786. The van der Waals surface area contributed by atoms with Crippen LogP contribution in [-0.4, -0.2) is 35.5 Å². The number of hydrogen-bond donors (Lipinski definition) is 2. The standard InChI is InChI=1S/C14H26O4/c1-2-3-4-5-6-7-8-9-10-14(17)18-13(11-15)12-16/h2-3,13,15-16H,4-12H2,1H3/b3-2+. The lowest BCUT2D eigenvalue weighted by molar-refractivity contribution is -0.153. The number of aliphatic hydroxyl groups excluding tert-OH is 2. The molecule has 0 saturated carbocycles. The number of carbonyl (C=O) groups is 1. The van der Waals surface area contributed by atoms with Crippen molar-refractivity contribution in [1.82, 2.24) is 0 Å². The first kappa shape index (κ1) is 17.1. The van der Waals surface area contributed by atoms with E-state index in [1.807, 2.05) is 6.92 Å². The van der Waals surface area contributed by atoms with Gasteiger partial charge in [-0.05, 0) is 26.2 Å². The topological polar surface area (TPSA) is 66.8 Å². The largest absolute Gasteiger partial charge is 0.457 e. The Labute approximate surface area is 110 Å². The summed E-state index contributed by atoms with van der Waals surface area (Å²) < 4.78 is 4.86. The third-order valence-corrected chi connectivity index (χ3v) is 2.69. The molecule has 106 valence electrons. The van der Waals surface area contributed by atoms with Crippen molar-refractivity contribution in [3.8, 4) is 0 Å². The number of ether oxygens (including phenoxy) is 1. The normalized spacial score (nSPS) is 11.3. The Hall–Kier alpha value is -0.870. The summed E-state index contributed by atoms with van der Waals surface area (Å²) in [5, 5.41) is 17.5. The maximum Gasteiger partial charge on any atom is 0.306 e. The molecule has 0 fully saturated rings. The molecule has 2 N–H and O–H groups in total. The summed E-state index contributed by atoms with van der Waals surface area (Å²) in [7, 11) is 0. The Bertz CT molecular complexity index is 222. The molecule has 0 aliphatic heterocycles. The molecule has 0 unspecified atom stereocenters. The van der Waals surface area contributed by atoms with E-state index in [0.29, 0.717) is 6.42 Å². The molecule has 4 heteroatoms. The average Bonchev–Trinajstić information content (AvgIpc) is 2.39. The molecule has 0 heterocycles. The Balaban J connectivity index is 3.35. The van der Waals surface area contributed by atoms with Crippen LogP contribution in [0, 0.1) is 0 Å².